The van der Waals surface area contributed by atoms with E-state index in [0.717, 1.165) is 17.2 Å². The highest BCUT2D eigenvalue weighted by molar-refractivity contribution is 7.99. The van der Waals surface area contributed by atoms with Crippen LogP contribution in [-0.4, -0.2) is 18.1 Å². The molecule has 0 saturated carbocycles. The quantitative estimate of drug-likeness (QED) is 0.624. The molecule has 0 rings (SSSR count). The van der Waals surface area contributed by atoms with Crippen LogP contribution >= 0.6 is 11.8 Å². The predicted octanol–water partition coefficient (Wildman–Crippen LogP) is 2.28. The summed E-state index contributed by atoms with van der Waals surface area (Å²) in [7, 11) is 0. The number of hydrogen-bond donors (Lipinski definition) is 1. The average Bonchev–Trinajstić information content (AvgIpc) is 2.04. The van der Waals surface area contributed by atoms with Crippen LogP contribution in [-0.2, 0) is 0 Å². The molecule has 1 nitrogen and oxygen atoms in total. The van der Waals surface area contributed by atoms with Crippen molar-refractivity contribution in [1.82, 2.24) is 0 Å². The third kappa shape index (κ3) is 6.45. The summed E-state index contributed by atoms with van der Waals surface area (Å²) in [4.78, 5) is 0. The highest BCUT2D eigenvalue weighted by Gasteiger charge is 1.98. The van der Waals surface area contributed by atoms with Crippen LogP contribution in [0.5, 0.6) is 0 Å². The van der Waals surface area contributed by atoms with Gasteiger partial charge >= 0.3 is 0 Å². The normalized spacial score (nSPS) is 13.0. The van der Waals surface area contributed by atoms with Gasteiger partial charge in [0.25, 0.3) is 0 Å². The van der Waals surface area contributed by atoms with Crippen LogP contribution in [0.4, 0.5) is 0 Å². The van der Waals surface area contributed by atoms with Gasteiger partial charge in [0.1, 0.15) is 0 Å². The van der Waals surface area contributed by atoms with Gasteiger partial charge in [0.15, 0.2) is 0 Å². The van der Waals surface area contributed by atoms with Gasteiger partial charge in [0.05, 0.1) is 0 Å². The first kappa shape index (κ1) is 11.1. The Balaban J connectivity index is 3.20. The molecule has 1 atom stereocenters. The summed E-state index contributed by atoms with van der Waals surface area (Å²) in [6, 6.07) is 0. The molecule has 0 bridgehead atoms. The fourth-order valence-corrected chi connectivity index (χ4v) is 1.74. The summed E-state index contributed by atoms with van der Waals surface area (Å²) in [5.74, 6) is 3.08. The molecule has 66 valence electrons. The second kappa shape index (κ2) is 6.74. The fourth-order valence-electron chi connectivity index (χ4n) is 0.581. The zero-order valence-corrected chi connectivity index (χ0v) is 8.41. The van der Waals surface area contributed by atoms with Gasteiger partial charge < -0.3 is 5.73 Å². The molecule has 0 aliphatic carbocycles. The highest BCUT2D eigenvalue weighted by atomic mass is 32.2. The summed E-state index contributed by atoms with van der Waals surface area (Å²) in [6.07, 6.45) is 1.27. The van der Waals surface area contributed by atoms with E-state index in [1.165, 1.54) is 12.2 Å². The van der Waals surface area contributed by atoms with Gasteiger partial charge in [-0.1, -0.05) is 32.4 Å². The molecule has 0 spiro atoms. The van der Waals surface area contributed by atoms with Crippen LogP contribution in [0.2, 0.25) is 0 Å². The van der Waals surface area contributed by atoms with E-state index in [0.29, 0.717) is 6.54 Å². The lowest BCUT2D eigenvalue weighted by molar-refractivity contribution is 0.637. The Hall–Kier alpha value is 0.0500. The topological polar surface area (TPSA) is 26.0 Å². The van der Waals surface area contributed by atoms with E-state index in [9.17, 15) is 0 Å². The van der Waals surface area contributed by atoms with Gasteiger partial charge in [-0.2, -0.15) is 11.8 Å². The first-order valence-corrected chi connectivity index (χ1v) is 5.30. The summed E-state index contributed by atoms with van der Waals surface area (Å²) in [6.45, 7) is 8.98. The van der Waals surface area contributed by atoms with Crippen molar-refractivity contribution < 1.29 is 0 Å². The lowest BCUT2D eigenvalue weighted by Gasteiger charge is -2.07. The molecule has 0 aromatic rings. The number of rotatable bonds is 6. The minimum atomic E-state index is 0.632. The Bertz CT molecular complexity index is 112. The van der Waals surface area contributed by atoms with Crippen molar-refractivity contribution in [3.8, 4) is 0 Å². The van der Waals surface area contributed by atoms with Crippen molar-refractivity contribution in [3.05, 3.63) is 12.2 Å². The Labute approximate surface area is 74.4 Å². The maximum Gasteiger partial charge on any atom is 0.0153 e. The van der Waals surface area contributed by atoms with E-state index < -0.39 is 0 Å². The van der Waals surface area contributed by atoms with E-state index in [2.05, 4.69) is 20.4 Å². The second-order valence-corrected chi connectivity index (χ2v) is 4.01. The first-order chi connectivity index (χ1) is 5.20. The average molecular weight is 173 g/mol. The second-order valence-electron chi connectivity index (χ2n) is 2.98. The van der Waals surface area contributed by atoms with Crippen LogP contribution in [0.25, 0.3) is 0 Å². The van der Waals surface area contributed by atoms with Crippen molar-refractivity contribution >= 4 is 11.8 Å². The molecule has 0 amide bonds. The molecule has 0 radical (unpaired) electrons. The van der Waals surface area contributed by atoms with Crippen LogP contribution in [0.1, 0.15) is 20.3 Å². The molecule has 0 saturated heterocycles. The Morgan fingerprint density at radius 1 is 1.64 bits per heavy atom. The highest BCUT2D eigenvalue weighted by Crippen LogP contribution is 2.12. The van der Waals surface area contributed by atoms with Crippen molar-refractivity contribution in [2.45, 2.75) is 20.3 Å². The molecular formula is C9H19NS. The molecule has 2 heteroatoms. The monoisotopic (exact) mass is 173 g/mol. The number of thioether (sulfide) groups is 1. The molecule has 0 aromatic carbocycles. The molecule has 2 N–H and O–H groups in total. The SMILES string of the molecule is C=C(CN)CSCC(C)CC. The van der Waals surface area contributed by atoms with Gasteiger partial charge in [-0.3, -0.25) is 0 Å². The predicted molar refractivity (Wildman–Crippen MR) is 55.0 cm³/mol. The largest absolute Gasteiger partial charge is 0.327 e. The Morgan fingerprint density at radius 2 is 2.27 bits per heavy atom. The van der Waals surface area contributed by atoms with Gasteiger partial charge in [-0.05, 0) is 11.7 Å². The van der Waals surface area contributed by atoms with Crippen molar-refractivity contribution in [3.63, 3.8) is 0 Å². The summed E-state index contributed by atoms with van der Waals surface area (Å²) in [5.41, 5.74) is 6.56. The minimum Gasteiger partial charge on any atom is -0.327 e. The smallest absolute Gasteiger partial charge is 0.0153 e. The van der Waals surface area contributed by atoms with E-state index in [-0.39, 0.29) is 0 Å². The zero-order valence-electron chi connectivity index (χ0n) is 7.60. The summed E-state index contributed by atoms with van der Waals surface area (Å²) >= 11 is 1.94. The van der Waals surface area contributed by atoms with E-state index >= 15 is 0 Å². The maximum atomic E-state index is 5.41. The maximum absolute atomic E-state index is 5.41. The molecule has 0 heterocycles. The third-order valence-corrected chi connectivity index (χ3v) is 3.11. The van der Waals surface area contributed by atoms with Crippen molar-refractivity contribution in [1.29, 1.82) is 0 Å². The molecule has 0 aromatic heterocycles. The van der Waals surface area contributed by atoms with Crippen molar-refractivity contribution in [2.75, 3.05) is 18.1 Å². The summed E-state index contributed by atoms with van der Waals surface area (Å²) < 4.78 is 0. The lowest BCUT2D eigenvalue weighted by Crippen LogP contribution is -2.05. The van der Waals surface area contributed by atoms with Gasteiger partial charge in [0, 0.05) is 12.3 Å². The van der Waals surface area contributed by atoms with Crippen LogP contribution in [0.3, 0.4) is 0 Å². The Morgan fingerprint density at radius 3 is 2.73 bits per heavy atom. The molecule has 11 heavy (non-hydrogen) atoms. The summed E-state index contributed by atoms with van der Waals surface area (Å²) in [5, 5.41) is 0. The first-order valence-electron chi connectivity index (χ1n) is 4.15. The molecule has 0 fully saturated rings. The number of nitrogens with two attached hydrogens (primary N) is 1. The molecule has 0 aliphatic heterocycles. The Kier molecular flexibility index (Phi) is 6.77. The minimum absolute atomic E-state index is 0.632. The zero-order chi connectivity index (χ0) is 8.69. The van der Waals surface area contributed by atoms with Crippen molar-refractivity contribution in [2.24, 2.45) is 11.7 Å². The van der Waals surface area contributed by atoms with Gasteiger partial charge in [0.2, 0.25) is 0 Å². The van der Waals surface area contributed by atoms with Gasteiger partial charge in [-0.15, -0.1) is 0 Å². The lowest BCUT2D eigenvalue weighted by atomic mass is 10.2. The molecular weight excluding hydrogens is 154 g/mol. The fraction of sp³-hybridized carbons (Fsp3) is 0.778. The van der Waals surface area contributed by atoms with E-state index in [1.807, 2.05) is 11.8 Å². The molecule has 0 aliphatic rings. The molecule has 1 unspecified atom stereocenters. The number of hydrogen-bond acceptors (Lipinski definition) is 2. The van der Waals surface area contributed by atoms with Crippen LogP contribution < -0.4 is 5.73 Å². The van der Waals surface area contributed by atoms with Crippen LogP contribution in [0, 0.1) is 5.92 Å². The van der Waals surface area contributed by atoms with Crippen LogP contribution in [0.15, 0.2) is 12.2 Å². The van der Waals surface area contributed by atoms with E-state index in [4.69, 9.17) is 5.73 Å². The standard InChI is InChI=1S/C9H19NS/c1-4-8(2)6-11-7-9(3)5-10/h8H,3-7,10H2,1-2H3. The third-order valence-electron chi connectivity index (χ3n) is 1.69. The van der Waals surface area contributed by atoms with E-state index in [1.54, 1.807) is 0 Å². The van der Waals surface area contributed by atoms with Gasteiger partial charge in [-0.25, -0.2) is 0 Å².